The molecular formula is C31H37ClF3N3O2S. The maximum Gasteiger partial charge on any atom is 0.297 e. The lowest BCUT2D eigenvalue weighted by molar-refractivity contribution is -0.181. The highest BCUT2D eigenvalue weighted by molar-refractivity contribution is 7.16. The van der Waals surface area contributed by atoms with Gasteiger partial charge in [0.05, 0.1) is 4.34 Å². The van der Waals surface area contributed by atoms with Gasteiger partial charge in [0.2, 0.25) is 0 Å². The third-order valence-corrected chi connectivity index (χ3v) is 9.31. The molecule has 0 unspecified atom stereocenters. The number of ether oxygens (including phenoxy) is 1. The fraction of sp³-hybridized carbons (Fsp3) is 0.484. The third kappa shape index (κ3) is 7.38. The Morgan fingerprint density at radius 1 is 1.24 bits per heavy atom. The van der Waals surface area contributed by atoms with Gasteiger partial charge in [-0.15, -0.1) is 11.3 Å². The molecule has 0 bridgehead atoms. The largest absolute Gasteiger partial charge is 0.396 e. The van der Waals surface area contributed by atoms with Crippen LogP contribution in [0.3, 0.4) is 0 Å². The van der Waals surface area contributed by atoms with E-state index in [9.17, 15) is 13.2 Å². The quantitative estimate of drug-likeness (QED) is 0.271. The predicted octanol–water partition coefficient (Wildman–Crippen LogP) is 7.76. The van der Waals surface area contributed by atoms with Crippen LogP contribution >= 0.6 is 22.9 Å². The van der Waals surface area contributed by atoms with Gasteiger partial charge < -0.3 is 15.3 Å². The maximum atomic E-state index is 14.8. The van der Waals surface area contributed by atoms with E-state index in [0.29, 0.717) is 77.9 Å². The van der Waals surface area contributed by atoms with Gasteiger partial charge in [-0.1, -0.05) is 29.8 Å². The summed E-state index contributed by atoms with van der Waals surface area (Å²) in [5, 5.41) is 17.0. The molecule has 0 amide bonds. The third-order valence-electron chi connectivity index (χ3n) is 7.86. The van der Waals surface area contributed by atoms with Crippen molar-refractivity contribution in [1.29, 1.82) is 5.41 Å². The van der Waals surface area contributed by atoms with Crippen LogP contribution in [0.25, 0.3) is 6.08 Å². The van der Waals surface area contributed by atoms with E-state index in [1.165, 1.54) is 23.5 Å². The Morgan fingerprint density at radius 2 is 1.98 bits per heavy atom. The van der Waals surface area contributed by atoms with Crippen LogP contribution in [-0.2, 0) is 22.7 Å². The van der Waals surface area contributed by atoms with Crippen LogP contribution in [-0.4, -0.2) is 54.3 Å². The molecule has 3 heterocycles. The molecule has 1 aromatic heterocycles. The van der Waals surface area contributed by atoms with Crippen molar-refractivity contribution in [3.05, 3.63) is 73.3 Å². The molecule has 0 radical (unpaired) electrons. The summed E-state index contributed by atoms with van der Waals surface area (Å²) in [6.07, 6.45) is 6.25. The number of piperidine rings is 1. The van der Waals surface area contributed by atoms with Crippen LogP contribution in [0.2, 0.25) is 4.34 Å². The Kier molecular flexibility index (Phi) is 10.3. The number of benzene rings is 1. The molecule has 2 aromatic rings. The number of fused-ring (bicyclic) bond motifs is 2. The summed E-state index contributed by atoms with van der Waals surface area (Å²) in [4.78, 5) is 7.60. The fourth-order valence-corrected chi connectivity index (χ4v) is 7.01. The van der Waals surface area contributed by atoms with E-state index >= 15 is 0 Å². The van der Waals surface area contributed by atoms with E-state index in [-0.39, 0.29) is 18.0 Å². The number of nitrogens with zero attached hydrogens (tertiary/aromatic N) is 2. The van der Waals surface area contributed by atoms with Gasteiger partial charge in [-0.2, -0.15) is 8.78 Å². The van der Waals surface area contributed by atoms with Crippen LogP contribution in [0.1, 0.15) is 68.0 Å². The van der Waals surface area contributed by atoms with E-state index in [4.69, 9.17) is 31.8 Å². The molecule has 5 nitrogen and oxygen atoms in total. The molecule has 4 rings (SSSR count). The zero-order valence-corrected chi connectivity index (χ0v) is 25.3. The highest BCUT2D eigenvalue weighted by atomic mass is 35.5. The summed E-state index contributed by atoms with van der Waals surface area (Å²) in [6.45, 7) is 7.06. The monoisotopic (exact) mass is 607 g/mol. The van der Waals surface area contributed by atoms with Gasteiger partial charge in [-0.3, -0.25) is 9.89 Å². The van der Waals surface area contributed by atoms with Crippen molar-refractivity contribution in [3.63, 3.8) is 0 Å². The average Bonchev–Trinajstić information content (AvgIpc) is 3.35. The molecule has 0 saturated carbocycles. The first-order chi connectivity index (χ1) is 19.5. The van der Waals surface area contributed by atoms with Crippen molar-refractivity contribution in [2.75, 3.05) is 32.8 Å². The molecule has 2 N–H and O–H groups in total. The first-order valence-electron chi connectivity index (χ1n) is 13.9. The topological polar surface area (TPSA) is 68.9 Å². The number of aryl methyl sites for hydroxylation is 1. The number of hydrogen-bond acceptors (Lipinski definition) is 6. The summed E-state index contributed by atoms with van der Waals surface area (Å²) in [6, 6.07) is 6.33. The number of alkyl halides is 2. The van der Waals surface area contributed by atoms with Crippen LogP contribution in [0.4, 0.5) is 13.2 Å². The van der Waals surface area contributed by atoms with Crippen molar-refractivity contribution in [1.82, 2.24) is 4.90 Å². The number of rotatable bonds is 10. The Morgan fingerprint density at radius 3 is 2.66 bits per heavy atom. The minimum absolute atomic E-state index is 0.00742. The van der Waals surface area contributed by atoms with Gasteiger partial charge in [0.15, 0.2) is 0 Å². The second kappa shape index (κ2) is 13.3. The minimum atomic E-state index is -3.02. The molecule has 2 aliphatic heterocycles. The van der Waals surface area contributed by atoms with Crippen molar-refractivity contribution in [3.8, 4) is 0 Å². The molecule has 1 fully saturated rings. The molecule has 2 aliphatic rings. The summed E-state index contributed by atoms with van der Waals surface area (Å²) in [5.41, 5.74) is 3.51. The van der Waals surface area contributed by atoms with E-state index in [1.54, 1.807) is 12.1 Å². The number of allylic oxidation sites excluding steroid dienone is 2. The second-order valence-corrected chi connectivity index (χ2v) is 12.4. The van der Waals surface area contributed by atoms with Gasteiger partial charge in [-0.25, -0.2) is 4.39 Å². The number of thiophene rings is 1. The molecule has 0 atom stereocenters. The number of hydrogen-bond donors (Lipinski definition) is 2. The van der Waals surface area contributed by atoms with Crippen LogP contribution in [0.5, 0.6) is 0 Å². The highest BCUT2D eigenvalue weighted by Gasteiger charge is 2.51. The summed E-state index contributed by atoms with van der Waals surface area (Å²) >= 11 is 7.33. The number of nitrogens with one attached hydrogen (secondary N) is 1. The van der Waals surface area contributed by atoms with E-state index in [1.807, 2.05) is 32.9 Å². The van der Waals surface area contributed by atoms with Crippen molar-refractivity contribution in [2.24, 2.45) is 4.99 Å². The summed E-state index contributed by atoms with van der Waals surface area (Å²) < 4.78 is 49.9. The predicted molar refractivity (Wildman–Crippen MR) is 161 cm³/mol. The van der Waals surface area contributed by atoms with Gasteiger partial charge in [0, 0.05) is 65.8 Å². The summed E-state index contributed by atoms with van der Waals surface area (Å²) in [5.74, 6) is -3.36. The van der Waals surface area contributed by atoms with Gasteiger partial charge in [-0.05, 0) is 75.8 Å². The highest BCUT2D eigenvalue weighted by Crippen LogP contribution is 2.52. The fourth-order valence-electron chi connectivity index (χ4n) is 5.53. The van der Waals surface area contributed by atoms with Gasteiger partial charge in [0.1, 0.15) is 18.0 Å². The van der Waals surface area contributed by atoms with Gasteiger partial charge in [0.25, 0.3) is 5.92 Å². The van der Waals surface area contributed by atoms with E-state index < -0.39 is 18.1 Å². The van der Waals surface area contributed by atoms with E-state index in [2.05, 4.69) is 4.90 Å². The number of aliphatic hydroxyl groups is 1. The Bertz CT molecular complexity index is 1360. The van der Waals surface area contributed by atoms with E-state index in [0.717, 1.165) is 16.8 Å². The van der Waals surface area contributed by atoms with Crippen LogP contribution in [0.15, 0.2) is 46.6 Å². The molecule has 41 heavy (non-hydrogen) atoms. The molecular weight excluding hydrogens is 571 g/mol. The zero-order chi connectivity index (χ0) is 29.8. The van der Waals surface area contributed by atoms with Crippen LogP contribution < -0.4 is 0 Å². The first kappa shape index (κ1) is 31.6. The molecule has 1 aromatic carbocycles. The zero-order valence-electron chi connectivity index (χ0n) is 23.7. The Labute approximate surface area is 248 Å². The number of aliphatic imine (C=N–C) groups is 1. The smallest absolute Gasteiger partial charge is 0.297 e. The lowest BCUT2D eigenvalue weighted by Crippen LogP contribution is -2.49. The van der Waals surface area contributed by atoms with Gasteiger partial charge >= 0.3 is 0 Å². The molecule has 222 valence electrons. The minimum Gasteiger partial charge on any atom is -0.396 e. The molecule has 0 aliphatic carbocycles. The Balaban J connectivity index is 1.43. The maximum absolute atomic E-state index is 14.8. The average molecular weight is 608 g/mol. The summed E-state index contributed by atoms with van der Waals surface area (Å²) in [7, 11) is 0. The molecule has 10 heteroatoms. The van der Waals surface area contributed by atoms with Crippen molar-refractivity contribution < 1.29 is 23.0 Å². The number of aliphatic hydroxyl groups excluding tert-OH is 1. The number of likely N-dealkylation sites (tertiary alicyclic amines) is 1. The first-order valence-corrected chi connectivity index (χ1v) is 15.1. The lowest BCUT2D eigenvalue weighted by Gasteiger charge is -2.45. The standard InChI is InChI=1S/C31H37ClF3N3O2S/c1-4-22(18-38-13-11-30(12-14-38)29-26(17-28(32)41-29)31(34,35)19-40-30)21(3)37-20(2)16-25-23(6-5-7-27(25)33)8-9-24(36)10-15-39/h4-7,16-17,36,39H,8-15,18-19H2,1-3H3. The van der Waals surface area contributed by atoms with Crippen molar-refractivity contribution in [2.45, 2.75) is 64.4 Å². The number of halogens is 4. The van der Waals surface area contributed by atoms with Crippen LogP contribution in [0, 0.1) is 11.2 Å². The SMILES string of the molecule is CC=C(CN1CCC2(CC1)OCC(F)(F)c1cc(Cl)sc12)C(C)=NC(C)=Cc1c(F)cccc1CCC(=N)CCO. The van der Waals surface area contributed by atoms with Crippen molar-refractivity contribution >= 4 is 40.4 Å². The lowest BCUT2D eigenvalue weighted by atomic mass is 9.84. The second-order valence-electron chi connectivity index (χ2n) is 10.7. The Hall–Kier alpha value is -2.30. The molecule has 1 spiro atoms. The normalized spacial score (nSPS) is 19.5. The molecule has 1 saturated heterocycles.